The number of hydrogen-bond acceptors (Lipinski definition) is 8. The number of ether oxygens (including phenoxy) is 5. The van der Waals surface area contributed by atoms with Crippen LogP contribution < -0.4 is 5.32 Å². The van der Waals surface area contributed by atoms with E-state index in [-0.39, 0.29) is 25.3 Å². The first-order valence-corrected chi connectivity index (χ1v) is 14.5. The second kappa shape index (κ2) is 30.7. The quantitative estimate of drug-likeness (QED) is 0.336. The molecule has 1 fully saturated rings. The number of amides is 2. The van der Waals surface area contributed by atoms with Crippen LogP contribution in [0.2, 0.25) is 0 Å². The summed E-state index contributed by atoms with van der Waals surface area (Å²) in [6.45, 7) is 20.0. The number of likely N-dealkylation sites (tertiary alicyclic amines) is 1. The molecule has 1 aromatic rings. The number of nitrogens with zero attached hydrogens (tertiary/aromatic N) is 1. The van der Waals surface area contributed by atoms with E-state index in [0.717, 1.165) is 12.0 Å². The number of methoxy groups -OCH3 is 4. The highest BCUT2D eigenvalue weighted by Gasteiger charge is 2.35. The van der Waals surface area contributed by atoms with Gasteiger partial charge in [0, 0.05) is 35.0 Å². The van der Waals surface area contributed by atoms with Crippen molar-refractivity contribution in [3.8, 4) is 0 Å². The fourth-order valence-electron chi connectivity index (χ4n) is 2.72. The molecule has 41 heavy (non-hydrogen) atoms. The molecule has 1 aromatic carbocycles. The van der Waals surface area contributed by atoms with Crippen LogP contribution in [-0.4, -0.2) is 87.8 Å². The van der Waals surface area contributed by atoms with Crippen LogP contribution in [0.3, 0.4) is 0 Å². The van der Waals surface area contributed by atoms with E-state index in [1.807, 2.05) is 78.8 Å². The van der Waals surface area contributed by atoms with E-state index < -0.39 is 24.0 Å². The summed E-state index contributed by atoms with van der Waals surface area (Å²) >= 11 is 0. The zero-order chi connectivity index (χ0) is 32.9. The normalized spacial score (nSPS) is 13.4. The Morgan fingerprint density at radius 1 is 0.927 bits per heavy atom. The van der Waals surface area contributed by atoms with Gasteiger partial charge in [0.25, 0.3) is 0 Å². The van der Waals surface area contributed by atoms with Crippen LogP contribution in [-0.2, 0) is 35.1 Å². The minimum atomic E-state index is -0.511. The van der Waals surface area contributed by atoms with E-state index in [9.17, 15) is 9.59 Å². The van der Waals surface area contributed by atoms with E-state index in [4.69, 9.17) is 19.3 Å². The smallest absolute Gasteiger partial charge is 0.410 e. The van der Waals surface area contributed by atoms with E-state index in [2.05, 4.69) is 14.8 Å². The number of benzene rings is 1. The average Bonchev–Trinajstić information content (AvgIpc) is 3.49. The largest absolute Gasteiger partial charge is 0.445 e. The number of carbonyl (C=O) groups excluding carboxylic acids is 2. The van der Waals surface area contributed by atoms with Crippen molar-refractivity contribution in [2.75, 3.05) is 41.5 Å². The Morgan fingerprint density at radius 3 is 1.78 bits per heavy atom. The fraction of sp³-hybridized carbons (Fsp3) is 0.742. The zero-order valence-electron chi connectivity index (χ0n) is 28.4. The van der Waals surface area contributed by atoms with Gasteiger partial charge in [-0.1, -0.05) is 71.9 Å². The lowest BCUT2D eigenvalue weighted by atomic mass is 10.2. The highest BCUT2D eigenvalue weighted by molar-refractivity contribution is 5.86. The van der Waals surface area contributed by atoms with Crippen LogP contribution >= 0.6 is 0 Å². The first kappa shape index (κ1) is 45.7. The van der Waals surface area contributed by atoms with Gasteiger partial charge in [-0.15, -0.1) is 0 Å². The van der Waals surface area contributed by atoms with Crippen molar-refractivity contribution in [3.05, 3.63) is 35.9 Å². The molecule has 1 aliphatic heterocycles. The van der Waals surface area contributed by atoms with E-state index in [0.29, 0.717) is 13.0 Å². The van der Waals surface area contributed by atoms with Gasteiger partial charge in [0.2, 0.25) is 5.91 Å². The van der Waals surface area contributed by atoms with Crippen molar-refractivity contribution in [1.82, 2.24) is 10.2 Å². The van der Waals surface area contributed by atoms with E-state index in [1.165, 1.54) is 19.1 Å². The molecule has 0 saturated carbocycles. The Kier molecular flexibility index (Phi) is 34.3. The lowest BCUT2D eigenvalue weighted by Crippen LogP contribution is -2.48. The van der Waals surface area contributed by atoms with Crippen molar-refractivity contribution in [3.63, 3.8) is 0 Å². The Balaban J connectivity index is -0.000000333. The van der Waals surface area contributed by atoms with Gasteiger partial charge in [-0.2, -0.15) is 0 Å². The summed E-state index contributed by atoms with van der Waals surface area (Å²) in [5.74, 6) is -0.219. The number of aliphatic hydroxyl groups is 1. The molecule has 2 rings (SSSR count). The van der Waals surface area contributed by atoms with Crippen LogP contribution in [0.25, 0.3) is 0 Å². The third-order valence-electron chi connectivity index (χ3n) is 4.63. The lowest BCUT2D eigenvalue weighted by molar-refractivity contribution is -0.131. The maximum Gasteiger partial charge on any atom is 0.410 e. The molecule has 10 nitrogen and oxygen atoms in total. The Labute approximate surface area is 251 Å². The van der Waals surface area contributed by atoms with Crippen molar-refractivity contribution in [1.29, 1.82) is 0 Å². The van der Waals surface area contributed by atoms with Crippen LogP contribution in [0.4, 0.5) is 4.79 Å². The lowest BCUT2D eigenvalue weighted by Gasteiger charge is -2.24. The second-order valence-corrected chi connectivity index (χ2v) is 8.75. The summed E-state index contributed by atoms with van der Waals surface area (Å²) in [6, 6.07) is 8.94. The average molecular weight is 591 g/mol. The molecule has 0 aliphatic carbocycles. The van der Waals surface area contributed by atoms with Gasteiger partial charge in [0.1, 0.15) is 12.6 Å². The SMILES string of the molecule is CC.CC.CC.CC(C)(C)O.COC(C)OC.COC(CNC(=O)C1CCCN1C(=O)OCc1ccccc1)OC. The topological polar surface area (TPSA) is 116 Å². The van der Waals surface area contributed by atoms with Gasteiger partial charge >= 0.3 is 6.09 Å². The molecule has 10 heteroatoms. The summed E-state index contributed by atoms with van der Waals surface area (Å²) in [6.07, 6.45) is 0.360. The molecule has 1 unspecified atom stereocenters. The van der Waals surface area contributed by atoms with Gasteiger partial charge < -0.3 is 34.1 Å². The predicted octanol–water partition coefficient (Wildman–Crippen LogP) is 6.00. The Bertz CT molecular complexity index is 685. The molecule has 244 valence electrons. The zero-order valence-corrected chi connectivity index (χ0v) is 28.4. The molecule has 1 atom stereocenters. The van der Waals surface area contributed by atoms with E-state index in [1.54, 1.807) is 35.0 Å². The maximum atomic E-state index is 12.3. The summed E-state index contributed by atoms with van der Waals surface area (Å²) < 4.78 is 24.7. The number of nitrogens with one attached hydrogen (secondary N) is 1. The first-order chi connectivity index (χ1) is 19.5. The van der Waals surface area contributed by atoms with Crippen molar-refractivity contribution < 1.29 is 38.4 Å². The van der Waals surface area contributed by atoms with E-state index >= 15 is 0 Å². The Hall–Kier alpha value is -2.24. The fourth-order valence-corrected chi connectivity index (χ4v) is 2.72. The van der Waals surface area contributed by atoms with Gasteiger partial charge in [-0.3, -0.25) is 9.69 Å². The van der Waals surface area contributed by atoms with Crippen LogP contribution in [0.15, 0.2) is 30.3 Å². The first-order valence-electron chi connectivity index (χ1n) is 14.5. The summed E-state index contributed by atoms with van der Waals surface area (Å²) in [5, 5.41) is 11.3. The van der Waals surface area contributed by atoms with Gasteiger partial charge in [-0.25, -0.2) is 4.79 Å². The highest BCUT2D eigenvalue weighted by atomic mass is 16.7. The summed E-state index contributed by atoms with van der Waals surface area (Å²) in [7, 11) is 6.22. The third-order valence-corrected chi connectivity index (χ3v) is 4.63. The van der Waals surface area contributed by atoms with Crippen molar-refractivity contribution in [2.24, 2.45) is 0 Å². The molecule has 1 heterocycles. The number of hydrogen-bond donors (Lipinski definition) is 2. The van der Waals surface area contributed by atoms with Crippen LogP contribution in [0, 0.1) is 0 Å². The molecule has 0 bridgehead atoms. The predicted molar refractivity (Wildman–Crippen MR) is 167 cm³/mol. The van der Waals surface area contributed by atoms with Crippen LogP contribution in [0.1, 0.15) is 87.6 Å². The molecule has 0 spiro atoms. The number of rotatable bonds is 9. The molecule has 1 saturated heterocycles. The van der Waals surface area contributed by atoms with Crippen molar-refractivity contribution >= 4 is 12.0 Å². The molecule has 2 amide bonds. The molecule has 1 aliphatic rings. The summed E-state index contributed by atoms with van der Waals surface area (Å²) in [5.41, 5.74) is 0.411. The second-order valence-electron chi connectivity index (χ2n) is 8.75. The maximum absolute atomic E-state index is 12.3. The number of carbonyl (C=O) groups is 2. The Morgan fingerprint density at radius 2 is 1.39 bits per heavy atom. The minimum absolute atomic E-state index is 0.0648. The van der Waals surface area contributed by atoms with Crippen LogP contribution in [0.5, 0.6) is 0 Å². The standard InChI is InChI=1S/C17H24N2O5.C4H10O2.C4H10O.3C2H6/c1-22-15(23-2)11-18-16(20)14-9-6-10-19(14)17(21)24-12-13-7-4-3-5-8-13;1-4(5-2)6-3;1-4(2,3)5;3*1-2/h3-5,7-8,14-15H,6,9-12H2,1-2H3,(H,18,20);4H,1-3H3;5H,1-3H3;3*1-2H3. The monoisotopic (exact) mass is 590 g/mol. The highest BCUT2D eigenvalue weighted by Crippen LogP contribution is 2.19. The van der Waals surface area contributed by atoms with Gasteiger partial charge in [0.05, 0.1) is 12.1 Å². The van der Waals surface area contributed by atoms with Gasteiger partial charge in [0.15, 0.2) is 12.6 Å². The minimum Gasteiger partial charge on any atom is -0.445 e. The molecule has 2 N–H and O–H groups in total. The van der Waals surface area contributed by atoms with Gasteiger partial charge in [-0.05, 0) is 46.1 Å². The summed E-state index contributed by atoms with van der Waals surface area (Å²) in [4.78, 5) is 26.0. The van der Waals surface area contributed by atoms with Crippen molar-refractivity contribution in [2.45, 2.75) is 113 Å². The molecule has 0 aromatic heterocycles. The third kappa shape index (κ3) is 27.7. The molecular weight excluding hydrogens is 528 g/mol. The molecular formula is C31H62N2O8. The molecule has 0 radical (unpaired) electrons.